The Morgan fingerprint density at radius 3 is 2.64 bits per heavy atom. The second-order valence-corrected chi connectivity index (χ2v) is 3.72. The van der Waals surface area contributed by atoms with Crippen molar-refractivity contribution >= 4 is 5.97 Å². The monoisotopic (exact) mass is 201 g/mol. The highest BCUT2D eigenvalue weighted by Gasteiger charge is 2.33. The van der Waals surface area contributed by atoms with Crippen LogP contribution in [-0.4, -0.2) is 36.6 Å². The fourth-order valence-corrected chi connectivity index (χ4v) is 1.39. The summed E-state index contributed by atoms with van der Waals surface area (Å²) >= 11 is 0. The smallest absolute Gasteiger partial charge is 0.298 e. The van der Waals surface area contributed by atoms with E-state index in [0.29, 0.717) is 12.6 Å². The van der Waals surface area contributed by atoms with Gasteiger partial charge in [-0.1, -0.05) is 6.92 Å². The Morgan fingerprint density at radius 2 is 2.21 bits per heavy atom. The van der Waals surface area contributed by atoms with Crippen LogP contribution in [0.5, 0.6) is 0 Å². The van der Waals surface area contributed by atoms with Crippen molar-refractivity contribution in [1.82, 2.24) is 4.90 Å². The first kappa shape index (κ1) is 11.5. The average Bonchev–Trinajstić information content (AvgIpc) is 2.87. The molecule has 1 heterocycles. The SMILES string of the molecule is CCOOC(=O)C(CC)CN1CC1C. The zero-order chi connectivity index (χ0) is 10.6. The topological polar surface area (TPSA) is 38.5 Å². The van der Waals surface area contributed by atoms with Gasteiger partial charge in [0.2, 0.25) is 0 Å². The van der Waals surface area contributed by atoms with Crippen molar-refractivity contribution in [2.24, 2.45) is 5.92 Å². The van der Waals surface area contributed by atoms with Gasteiger partial charge < -0.3 is 0 Å². The fraction of sp³-hybridized carbons (Fsp3) is 0.900. The minimum Gasteiger partial charge on any atom is -0.298 e. The number of hydrogen-bond acceptors (Lipinski definition) is 4. The largest absolute Gasteiger partial charge is 0.346 e. The third kappa shape index (κ3) is 3.27. The van der Waals surface area contributed by atoms with Crippen molar-refractivity contribution in [3.8, 4) is 0 Å². The fourth-order valence-electron chi connectivity index (χ4n) is 1.39. The Kier molecular flexibility index (Phi) is 4.35. The van der Waals surface area contributed by atoms with Gasteiger partial charge in [-0.3, -0.25) is 9.79 Å². The molecule has 1 aliphatic rings. The molecule has 0 aromatic rings. The van der Waals surface area contributed by atoms with E-state index < -0.39 is 0 Å². The van der Waals surface area contributed by atoms with E-state index in [-0.39, 0.29) is 11.9 Å². The maximum absolute atomic E-state index is 11.4. The molecule has 0 bridgehead atoms. The van der Waals surface area contributed by atoms with Gasteiger partial charge in [0, 0.05) is 19.1 Å². The Balaban J connectivity index is 2.25. The summed E-state index contributed by atoms with van der Waals surface area (Å²) in [6.07, 6.45) is 0.801. The molecule has 0 radical (unpaired) electrons. The Hall–Kier alpha value is -0.610. The first-order valence-corrected chi connectivity index (χ1v) is 5.26. The van der Waals surface area contributed by atoms with Gasteiger partial charge in [0.05, 0.1) is 12.5 Å². The van der Waals surface area contributed by atoms with E-state index in [1.165, 1.54) is 0 Å². The summed E-state index contributed by atoms with van der Waals surface area (Å²) in [5.74, 6) is -0.292. The highest BCUT2D eigenvalue weighted by molar-refractivity contribution is 5.72. The number of carbonyl (C=O) groups excluding carboxylic acids is 1. The van der Waals surface area contributed by atoms with Crippen LogP contribution in [0.2, 0.25) is 0 Å². The van der Waals surface area contributed by atoms with Crippen LogP contribution in [0.15, 0.2) is 0 Å². The maximum atomic E-state index is 11.4. The van der Waals surface area contributed by atoms with Gasteiger partial charge >= 0.3 is 5.97 Å². The van der Waals surface area contributed by atoms with Crippen molar-refractivity contribution < 1.29 is 14.6 Å². The van der Waals surface area contributed by atoms with Crippen LogP contribution in [0.3, 0.4) is 0 Å². The second kappa shape index (κ2) is 5.32. The van der Waals surface area contributed by atoms with E-state index in [1.54, 1.807) is 6.92 Å². The van der Waals surface area contributed by atoms with Crippen LogP contribution in [0.4, 0.5) is 0 Å². The van der Waals surface area contributed by atoms with Crippen LogP contribution in [-0.2, 0) is 14.6 Å². The maximum Gasteiger partial charge on any atom is 0.346 e. The molecule has 0 amide bonds. The van der Waals surface area contributed by atoms with Crippen LogP contribution in [0.25, 0.3) is 0 Å². The molecule has 3 atom stereocenters. The van der Waals surface area contributed by atoms with Crippen molar-refractivity contribution in [2.75, 3.05) is 19.7 Å². The van der Waals surface area contributed by atoms with Gasteiger partial charge in [-0.25, -0.2) is 4.79 Å². The van der Waals surface area contributed by atoms with Gasteiger partial charge in [-0.2, -0.15) is 4.89 Å². The summed E-state index contributed by atoms with van der Waals surface area (Å²) in [6, 6.07) is 0.629. The van der Waals surface area contributed by atoms with E-state index in [2.05, 4.69) is 21.6 Å². The van der Waals surface area contributed by atoms with Gasteiger partial charge in [0.25, 0.3) is 0 Å². The third-order valence-electron chi connectivity index (χ3n) is 2.53. The molecule has 4 heteroatoms. The first-order chi connectivity index (χ1) is 6.69. The first-order valence-electron chi connectivity index (χ1n) is 5.26. The normalized spacial score (nSPS) is 27.1. The molecule has 3 unspecified atom stereocenters. The van der Waals surface area contributed by atoms with Crippen LogP contribution >= 0.6 is 0 Å². The predicted molar refractivity (Wildman–Crippen MR) is 52.5 cm³/mol. The van der Waals surface area contributed by atoms with Crippen molar-refractivity contribution in [3.05, 3.63) is 0 Å². The van der Waals surface area contributed by atoms with E-state index in [0.717, 1.165) is 19.5 Å². The second-order valence-electron chi connectivity index (χ2n) is 3.72. The molecule has 1 aliphatic heterocycles. The lowest BCUT2D eigenvalue weighted by atomic mass is 10.1. The van der Waals surface area contributed by atoms with Crippen LogP contribution in [0.1, 0.15) is 27.2 Å². The Morgan fingerprint density at radius 1 is 1.57 bits per heavy atom. The summed E-state index contributed by atoms with van der Waals surface area (Å²) in [5.41, 5.74) is 0. The number of nitrogens with zero attached hydrogens (tertiary/aromatic N) is 1. The lowest BCUT2D eigenvalue weighted by molar-refractivity contribution is -0.273. The van der Waals surface area contributed by atoms with Crippen molar-refractivity contribution in [1.29, 1.82) is 0 Å². The molecule has 0 spiro atoms. The molecule has 0 N–H and O–H groups in total. The minimum absolute atomic E-state index is 0.0495. The summed E-state index contributed by atoms with van der Waals surface area (Å²) in [5, 5.41) is 0. The molecule has 0 aliphatic carbocycles. The van der Waals surface area contributed by atoms with Crippen LogP contribution in [0, 0.1) is 5.92 Å². The predicted octanol–water partition coefficient (Wildman–Crippen LogP) is 1.21. The number of hydrogen-bond donors (Lipinski definition) is 0. The molecule has 0 aromatic heterocycles. The average molecular weight is 201 g/mol. The molecular formula is C10H19NO3. The van der Waals surface area contributed by atoms with E-state index in [1.807, 2.05) is 6.92 Å². The molecule has 14 heavy (non-hydrogen) atoms. The summed E-state index contributed by atoms with van der Waals surface area (Å²) in [4.78, 5) is 23.0. The third-order valence-corrected chi connectivity index (χ3v) is 2.53. The Bertz CT molecular complexity index is 196. The lowest BCUT2D eigenvalue weighted by Crippen LogP contribution is -2.25. The molecule has 4 nitrogen and oxygen atoms in total. The molecule has 1 fully saturated rings. The van der Waals surface area contributed by atoms with Gasteiger partial charge in [0.15, 0.2) is 0 Å². The molecule has 1 rings (SSSR count). The zero-order valence-corrected chi connectivity index (χ0v) is 9.16. The summed E-state index contributed by atoms with van der Waals surface area (Å²) < 4.78 is 0. The molecule has 1 saturated heterocycles. The zero-order valence-electron chi connectivity index (χ0n) is 9.16. The van der Waals surface area contributed by atoms with Crippen molar-refractivity contribution in [3.63, 3.8) is 0 Å². The minimum atomic E-state index is -0.242. The molecule has 0 aromatic carbocycles. The van der Waals surface area contributed by atoms with Gasteiger partial charge in [0.1, 0.15) is 0 Å². The number of carbonyl (C=O) groups is 1. The molecular weight excluding hydrogens is 182 g/mol. The molecule has 82 valence electrons. The van der Waals surface area contributed by atoms with Gasteiger partial charge in [-0.15, -0.1) is 0 Å². The van der Waals surface area contributed by atoms with Crippen molar-refractivity contribution in [2.45, 2.75) is 33.2 Å². The van der Waals surface area contributed by atoms with Crippen LogP contribution < -0.4 is 0 Å². The van der Waals surface area contributed by atoms with E-state index in [9.17, 15) is 4.79 Å². The Labute approximate surface area is 85.1 Å². The standard InChI is InChI=1S/C10H19NO3/c1-4-9(7-11-6-8(11)3)10(12)14-13-5-2/h8-9H,4-7H2,1-3H3. The van der Waals surface area contributed by atoms with Gasteiger partial charge in [-0.05, 0) is 20.3 Å². The highest BCUT2D eigenvalue weighted by Crippen LogP contribution is 2.20. The summed E-state index contributed by atoms with van der Waals surface area (Å²) in [7, 11) is 0. The summed E-state index contributed by atoms with van der Waals surface area (Å²) in [6.45, 7) is 8.23. The highest BCUT2D eigenvalue weighted by atomic mass is 17.2. The molecule has 0 saturated carbocycles. The van der Waals surface area contributed by atoms with E-state index in [4.69, 9.17) is 0 Å². The number of rotatable bonds is 6. The quantitative estimate of drug-likeness (QED) is 0.368. The van der Waals surface area contributed by atoms with E-state index >= 15 is 0 Å². The lowest BCUT2D eigenvalue weighted by Gasteiger charge is -2.13.